The summed E-state index contributed by atoms with van der Waals surface area (Å²) in [5.41, 5.74) is 0. The van der Waals surface area contributed by atoms with Crippen molar-refractivity contribution in [3.63, 3.8) is 0 Å². The molecule has 0 aliphatic carbocycles. The SMILES string of the molecule is CO[C@@H]1C[C@H]2C[C@@H](C)C(=O)/C=C\C=C\C[C@@H](C)OC(=O)C[C@@H](O)[C@H](OC)[C@H]2O1. The van der Waals surface area contributed by atoms with Crippen molar-refractivity contribution in [3.8, 4) is 0 Å². The van der Waals surface area contributed by atoms with Crippen molar-refractivity contribution >= 4 is 11.8 Å². The summed E-state index contributed by atoms with van der Waals surface area (Å²) in [5.74, 6) is -0.706. The van der Waals surface area contributed by atoms with E-state index in [0.717, 1.165) is 0 Å². The molecule has 0 spiro atoms. The molecule has 0 unspecified atom stereocenters. The van der Waals surface area contributed by atoms with E-state index in [9.17, 15) is 14.7 Å². The fourth-order valence-electron chi connectivity index (χ4n) is 3.80. The number of hydrogen-bond acceptors (Lipinski definition) is 7. The maximum atomic E-state index is 12.4. The summed E-state index contributed by atoms with van der Waals surface area (Å²) in [6, 6.07) is 0. The van der Waals surface area contributed by atoms with Crippen molar-refractivity contribution in [1.82, 2.24) is 0 Å². The molecular formula is C21H32O7. The van der Waals surface area contributed by atoms with Crippen LogP contribution in [-0.4, -0.2) is 61.8 Å². The molecule has 0 aromatic carbocycles. The number of carbonyl (C=O) groups excluding carboxylic acids is 2. The van der Waals surface area contributed by atoms with Crippen LogP contribution in [0.15, 0.2) is 24.3 Å². The van der Waals surface area contributed by atoms with Crippen molar-refractivity contribution in [2.45, 2.75) is 70.2 Å². The number of aliphatic hydroxyl groups excluding tert-OH is 1. The van der Waals surface area contributed by atoms with Crippen LogP contribution in [0.5, 0.6) is 0 Å². The van der Waals surface area contributed by atoms with Crippen LogP contribution in [0.2, 0.25) is 0 Å². The number of aliphatic hydroxyl groups is 1. The molecule has 0 radical (unpaired) electrons. The standard InChI is InChI=1S/C21H32O7/c1-13-10-15-11-19(25-3)28-20(15)21(26-4)17(23)12-18(24)27-14(2)8-6-5-7-9-16(13)22/h5-7,9,13-15,17,19-21,23H,8,10-12H2,1-4H3/b6-5+,9-7-/t13-,14-,15-,17-,19+,20+,21+/m1/s1. The Labute approximate surface area is 166 Å². The highest BCUT2D eigenvalue weighted by Gasteiger charge is 2.44. The van der Waals surface area contributed by atoms with Gasteiger partial charge in [-0.1, -0.05) is 25.2 Å². The highest BCUT2D eigenvalue weighted by Crippen LogP contribution is 2.36. The predicted molar refractivity (Wildman–Crippen MR) is 102 cm³/mol. The molecule has 28 heavy (non-hydrogen) atoms. The Hall–Kier alpha value is -1.54. The number of hydrogen-bond donors (Lipinski definition) is 1. The largest absolute Gasteiger partial charge is 0.462 e. The van der Waals surface area contributed by atoms with Gasteiger partial charge in [0.15, 0.2) is 12.1 Å². The van der Waals surface area contributed by atoms with Crippen LogP contribution < -0.4 is 0 Å². The van der Waals surface area contributed by atoms with E-state index in [-0.39, 0.29) is 30.1 Å². The first kappa shape index (κ1) is 22.7. The lowest BCUT2D eigenvalue weighted by Gasteiger charge is -2.31. The smallest absolute Gasteiger partial charge is 0.308 e. The van der Waals surface area contributed by atoms with Crippen molar-refractivity contribution in [3.05, 3.63) is 24.3 Å². The van der Waals surface area contributed by atoms with Crippen molar-refractivity contribution < 1.29 is 33.6 Å². The fourth-order valence-corrected chi connectivity index (χ4v) is 3.80. The number of ether oxygens (including phenoxy) is 4. The fraction of sp³-hybridized carbons (Fsp3) is 0.714. The molecule has 0 saturated carbocycles. The molecule has 2 aliphatic rings. The lowest BCUT2D eigenvalue weighted by Crippen LogP contribution is -2.44. The van der Waals surface area contributed by atoms with Gasteiger partial charge in [0.2, 0.25) is 0 Å². The van der Waals surface area contributed by atoms with Gasteiger partial charge in [0.05, 0.1) is 18.6 Å². The average molecular weight is 396 g/mol. The van der Waals surface area contributed by atoms with Gasteiger partial charge in [-0.2, -0.15) is 0 Å². The zero-order chi connectivity index (χ0) is 20.7. The van der Waals surface area contributed by atoms with Crippen LogP contribution in [0.4, 0.5) is 0 Å². The predicted octanol–water partition coefficient (Wildman–Crippen LogP) is 2.17. The van der Waals surface area contributed by atoms with Crippen LogP contribution in [0.1, 0.15) is 39.5 Å². The third-order valence-corrected chi connectivity index (χ3v) is 5.33. The Morgan fingerprint density at radius 3 is 2.54 bits per heavy atom. The van der Waals surface area contributed by atoms with Gasteiger partial charge in [0.25, 0.3) is 0 Å². The Bertz CT molecular complexity index is 585. The summed E-state index contributed by atoms with van der Waals surface area (Å²) in [5, 5.41) is 10.6. The number of carbonyl (C=O) groups is 2. The Morgan fingerprint density at radius 1 is 1.11 bits per heavy atom. The van der Waals surface area contributed by atoms with E-state index in [4.69, 9.17) is 18.9 Å². The van der Waals surface area contributed by atoms with E-state index < -0.39 is 30.6 Å². The third-order valence-electron chi connectivity index (χ3n) is 5.33. The Balaban J connectivity index is 2.25. The Kier molecular flexibility index (Phi) is 8.82. The molecule has 7 atom stereocenters. The van der Waals surface area contributed by atoms with Gasteiger partial charge in [0, 0.05) is 33.0 Å². The minimum absolute atomic E-state index is 0.0327. The van der Waals surface area contributed by atoms with E-state index in [1.165, 1.54) is 7.11 Å². The monoisotopic (exact) mass is 396 g/mol. The summed E-state index contributed by atoms with van der Waals surface area (Å²) in [7, 11) is 3.03. The second-order valence-electron chi connectivity index (χ2n) is 7.60. The van der Waals surface area contributed by atoms with Gasteiger partial charge in [0.1, 0.15) is 12.2 Å². The maximum Gasteiger partial charge on any atom is 0.308 e. The van der Waals surface area contributed by atoms with Crippen LogP contribution >= 0.6 is 0 Å². The molecule has 1 fully saturated rings. The zero-order valence-electron chi connectivity index (χ0n) is 17.1. The second kappa shape index (κ2) is 10.9. The van der Waals surface area contributed by atoms with Gasteiger partial charge < -0.3 is 24.1 Å². The molecule has 1 N–H and O–H groups in total. The molecular weight excluding hydrogens is 364 g/mol. The lowest BCUT2D eigenvalue weighted by atomic mass is 9.84. The number of methoxy groups -OCH3 is 2. The van der Waals surface area contributed by atoms with Gasteiger partial charge in [-0.3, -0.25) is 9.59 Å². The second-order valence-corrected chi connectivity index (χ2v) is 7.60. The van der Waals surface area contributed by atoms with Gasteiger partial charge in [-0.15, -0.1) is 0 Å². The number of cyclic esters (lactones) is 1. The molecule has 7 heteroatoms. The summed E-state index contributed by atoms with van der Waals surface area (Å²) in [6.07, 6.45) is 5.33. The van der Waals surface area contributed by atoms with E-state index >= 15 is 0 Å². The van der Waals surface area contributed by atoms with Crippen LogP contribution in [0.25, 0.3) is 0 Å². The molecule has 2 rings (SSSR count). The van der Waals surface area contributed by atoms with E-state index in [1.54, 1.807) is 32.3 Å². The summed E-state index contributed by atoms with van der Waals surface area (Å²) >= 11 is 0. The first-order valence-electron chi connectivity index (χ1n) is 9.81. The van der Waals surface area contributed by atoms with Crippen molar-refractivity contribution in [1.29, 1.82) is 0 Å². The number of ketones is 1. The Morgan fingerprint density at radius 2 is 1.86 bits per heavy atom. The van der Waals surface area contributed by atoms with Gasteiger partial charge in [-0.05, 0) is 25.3 Å². The van der Waals surface area contributed by atoms with E-state index in [0.29, 0.717) is 19.3 Å². The minimum atomic E-state index is -1.08. The average Bonchev–Trinajstić information content (AvgIpc) is 3.03. The van der Waals surface area contributed by atoms with Gasteiger partial charge in [-0.25, -0.2) is 0 Å². The molecule has 1 saturated heterocycles. The first-order valence-corrected chi connectivity index (χ1v) is 9.81. The van der Waals surface area contributed by atoms with Crippen LogP contribution in [0, 0.1) is 11.8 Å². The zero-order valence-corrected chi connectivity index (χ0v) is 17.1. The molecule has 0 bridgehead atoms. The van der Waals surface area contributed by atoms with Crippen molar-refractivity contribution in [2.75, 3.05) is 14.2 Å². The molecule has 0 amide bonds. The highest BCUT2D eigenvalue weighted by atomic mass is 16.7. The number of fused-ring (bicyclic) bond motifs is 1. The normalized spacial score (nSPS) is 40.5. The molecule has 7 nitrogen and oxygen atoms in total. The third kappa shape index (κ3) is 6.24. The van der Waals surface area contributed by atoms with Crippen molar-refractivity contribution in [2.24, 2.45) is 11.8 Å². The molecule has 0 aromatic rings. The summed E-state index contributed by atoms with van der Waals surface area (Å²) in [4.78, 5) is 24.6. The first-order chi connectivity index (χ1) is 13.3. The number of allylic oxidation sites excluding steroid dienone is 3. The van der Waals surface area contributed by atoms with E-state index in [1.807, 2.05) is 13.0 Å². The van der Waals surface area contributed by atoms with Crippen LogP contribution in [-0.2, 0) is 28.5 Å². The quantitative estimate of drug-likeness (QED) is 0.715. The number of esters is 1. The molecule has 0 aromatic heterocycles. The summed E-state index contributed by atoms with van der Waals surface area (Å²) in [6.45, 7) is 3.66. The number of rotatable bonds is 2. The molecule has 158 valence electrons. The summed E-state index contributed by atoms with van der Waals surface area (Å²) < 4.78 is 22.1. The molecule has 2 heterocycles. The lowest BCUT2D eigenvalue weighted by molar-refractivity contribution is -0.173. The van der Waals surface area contributed by atoms with E-state index in [2.05, 4.69) is 0 Å². The van der Waals surface area contributed by atoms with Gasteiger partial charge >= 0.3 is 5.97 Å². The minimum Gasteiger partial charge on any atom is -0.462 e. The molecule has 2 aliphatic heterocycles. The maximum absolute atomic E-state index is 12.4. The topological polar surface area (TPSA) is 91.3 Å². The van der Waals surface area contributed by atoms with Crippen LogP contribution in [0.3, 0.4) is 0 Å². The highest BCUT2D eigenvalue weighted by molar-refractivity contribution is 5.91.